The largest absolute Gasteiger partial charge is 0.474 e. The van der Waals surface area contributed by atoms with E-state index in [1.54, 1.807) is 24.5 Å². The maximum atomic E-state index is 12.5. The van der Waals surface area contributed by atoms with Crippen LogP contribution in [0.15, 0.2) is 30.6 Å². The summed E-state index contributed by atoms with van der Waals surface area (Å²) in [5.74, 6) is 1.13. The van der Waals surface area contributed by atoms with Crippen LogP contribution in [-0.2, 0) is 25.4 Å². The van der Waals surface area contributed by atoms with Gasteiger partial charge in [0.2, 0.25) is 5.88 Å². The lowest BCUT2D eigenvalue weighted by Crippen LogP contribution is -2.42. The molecule has 10 nitrogen and oxygen atoms in total. The predicted octanol–water partition coefficient (Wildman–Crippen LogP) is 5.80. The molecule has 1 aliphatic heterocycles. The van der Waals surface area contributed by atoms with Gasteiger partial charge in [-0.25, -0.2) is 24.0 Å². The van der Waals surface area contributed by atoms with Gasteiger partial charge in [-0.1, -0.05) is 20.8 Å². The number of nitrogens with two attached hydrogens (primary N) is 1. The average Bonchev–Trinajstić information content (AvgIpc) is 2.86. The van der Waals surface area contributed by atoms with Crippen molar-refractivity contribution in [3.8, 4) is 5.88 Å². The molecule has 0 unspecified atom stereocenters. The van der Waals surface area contributed by atoms with E-state index in [1.807, 2.05) is 61.5 Å². The maximum Gasteiger partial charge on any atom is 0.340 e. The quantitative estimate of drug-likeness (QED) is 0.266. The maximum absolute atomic E-state index is 12.5. The van der Waals surface area contributed by atoms with E-state index in [4.69, 9.17) is 25.0 Å². The molecule has 0 spiro atoms. The molecule has 0 bridgehead atoms. The first kappa shape index (κ1) is 30.6. The van der Waals surface area contributed by atoms with Gasteiger partial charge in [0.05, 0.1) is 27.5 Å². The summed E-state index contributed by atoms with van der Waals surface area (Å²) >= 11 is 0. The Balaban J connectivity index is 1.73. The summed E-state index contributed by atoms with van der Waals surface area (Å²) in [4.78, 5) is 26.5. The molecule has 41 heavy (non-hydrogen) atoms. The van der Waals surface area contributed by atoms with E-state index in [-0.39, 0.29) is 18.2 Å². The molecule has 0 radical (unpaired) electrons. The van der Waals surface area contributed by atoms with Crippen molar-refractivity contribution in [2.45, 2.75) is 96.1 Å². The highest BCUT2D eigenvalue weighted by molar-refractivity contribution is 7.93. The molecule has 0 saturated carbocycles. The summed E-state index contributed by atoms with van der Waals surface area (Å²) in [5.41, 5.74) is 7.56. The van der Waals surface area contributed by atoms with Crippen LogP contribution in [0.3, 0.4) is 0 Å². The number of aromatic nitrogens is 3. The van der Waals surface area contributed by atoms with Gasteiger partial charge in [-0.15, -0.1) is 0 Å². The van der Waals surface area contributed by atoms with E-state index in [1.165, 1.54) is 6.26 Å². The molecule has 222 valence electrons. The highest BCUT2D eigenvalue weighted by atomic mass is 32.2. The fourth-order valence-corrected chi connectivity index (χ4v) is 5.43. The van der Waals surface area contributed by atoms with Crippen LogP contribution in [0.5, 0.6) is 5.88 Å². The van der Waals surface area contributed by atoms with E-state index in [9.17, 15) is 9.00 Å². The number of nitrogens with zero attached hydrogens (tertiary/aromatic N) is 3. The standard InChI is InChI=1S/C30H42N6O4S/c1-10-30(8,31)22-16-34-26(39-17(2)14-28(4,5)41(9,32)38)21-15-33-24(13-20(21)22)35-23-12-11-19-25(36-23)29(6,7)18(3)40-27(19)37/h11-13,15-18,32H,10,14,31H2,1-9H3,(H,33,35,36)/t17-,18+,30-,41-/m1/s1. The molecule has 0 aromatic carbocycles. The zero-order chi connectivity index (χ0) is 30.5. The van der Waals surface area contributed by atoms with E-state index >= 15 is 0 Å². The smallest absolute Gasteiger partial charge is 0.340 e. The number of esters is 1. The van der Waals surface area contributed by atoms with Crippen molar-refractivity contribution in [3.05, 3.63) is 47.4 Å². The number of ether oxygens (including phenoxy) is 2. The molecule has 0 saturated heterocycles. The van der Waals surface area contributed by atoms with E-state index in [0.29, 0.717) is 47.0 Å². The van der Waals surface area contributed by atoms with Crippen molar-refractivity contribution >= 4 is 38.1 Å². The first-order chi connectivity index (χ1) is 18.9. The predicted molar refractivity (Wildman–Crippen MR) is 162 cm³/mol. The molecule has 0 amide bonds. The lowest BCUT2D eigenvalue weighted by Gasteiger charge is -2.36. The van der Waals surface area contributed by atoms with Crippen LogP contribution in [0.2, 0.25) is 0 Å². The summed E-state index contributed by atoms with van der Waals surface area (Å²) < 4.78 is 31.5. The van der Waals surface area contributed by atoms with Crippen LogP contribution in [-0.4, -0.2) is 48.3 Å². The molecule has 0 aliphatic carbocycles. The SMILES string of the molecule is CC[C@@](C)(N)c1cnc(O[C@H](C)CC(C)(C)[S@](C)(=N)=O)c2cnc(Nc3ccc4c(n3)C(C)(C)[C@H](C)OC4=O)cc12. The Morgan fingerprint density at radius 1 is 1.20 bits per heavy atom. The van der Waals surface area contributed by atoms with Gasteiger partial charge in [0, 0.05) is 45.8 Å². The zero-order valence-corrected chi connectivity index (χ0v) is 26.2. The van der Waals surface area contributed by atoms with E-state index in [0.717, 1.165) is 10.9 Å². The molecule has 4 N–H and O–H groups in total. The third-order valence-corrected chi connectivity index (χ3v) is 10.8. The molecular formula is C30H42N6O4S. The molecule has 4 heterocycles. The number of nitrogens with one attached hydrogen (secondary N) is 2. The summed E-state index contributed by atoms with van der Waals surface area (Å²) in [5, 5.41) is 4.82. The second-order valence-electron chi connectivity index (χ2n) is 12.6. The Morgan fingerprint density at radius 2 is 1.88 bits per heavy atom. The molecule has 3 aromatic rings. The van der Waals surface area contributed by atoms with Crippen LogP contribution in [0.25, 0.3) is 10.8 Å². The Hall–Kier alpha value is -3.31. The van der Waals surface area contributed by atoms with Crippen molar-refractivity contribution in [1.82, 2.24) is 15.0 Å². The van der Waals surface area contributed by atoms with E-state index in [2.05, 4.69) is 15.3 Å². The van der Waals surface area contributed by atoms with Gasteiger partial charge in [0.1, 0.15) is 17.7 Å². The van der Waals surface area contributed by atoms with E-state index < -0.39 is 25.4 Å². The fraction of sp³-hybridized carbons (Fsp3) is 0.533. The number of carbonyl (C=O) groups excluding carboxylic acids is 1. The van der Waals surface area contributed by atoms with Crippen LogP contribution in [0.1, 0.15) is 89.8 Å². The number of anilines is 2. The number of carbonyl (C=O) groups is 1. The second-order valence-corrected chi connectivity index (χ2v) is 15.4. The minimum Gasteiger partial charge on any atom is -0.474 e. The Labute approximate surface area is 242 Å². The fourth-order valence-electron chi connectivity index (χ4n) is 4.88. The Kier molecular flexibility index (Phi) is 7.85. The number of fused-ring (bicyclic) bond motifs is 2. The van der Waals surface area contributed by atoms with Crippen molar-refractivity contribution in [1.29, 1.82) is 4.78 Å². The van der Waals surface area contributed by atoms with Gasteiger partial charge in [-0.3, -0.25) is 4.78 Å². The normalized spacial score (nSPS) is 20.3. The minimum absolute atomic E-state index is 0.313. The summed E-state index contributed by atoms with van der Waals surface area (Å²) in [6, 6.07) is 5.37. The van der Waals surface area contributed by atoms with Crippen LogP contribution < -0.4 is 15.8 Å². The average molecular weight is 583 g/mol. The van der Waals surface area contributed by atoms with Crippen molar-refractivity contribution in [2.75, 3.05) is 11.6 Å². The number of cyclic esters (lactones) is 1. The van der Waals surface area contributed by atoms with Crippen LogP contribution in [0.4, 0.5) is 11.6 Å². The van der Waals surface area contributed by atoms with Gasteiger partial charge < -0.3 is 20.5 Å². The lowest BCUT2D eigenvalue weighted by molar-refractivity contribution is 0.00864. The first-order valence-electron chi connectivity index (χ1n) is 13.8. The number of pyridine rings is 3. The summed E-state index contributed by atoms with van der Waals surface area (Å²) in [6.07, 6.45) is 5.34. The van der Waals surface area contributed by atoms with Gasteiger partial charge in [0.15, 0.2) is 0 Å². The van der Waals surface area contributed by atoms with Gasteiger partial charge >= 0.3 is 5.97 Å². The van der Waals surface area contributed by atoms with Crippen LogP contribution in [0, 0.1) is 4.78 Å². The van der Waals surface area contributed by atoms with Crippen LogP contribution >= 0.6 is 0 Å². The highest BCUT2D eigenvalue weighted by Gasteiger charge is 2.41. The number of hydrogen-bond donors (Lipinski definition) is 3. The summed E-state index contributed by atoms with van der Waals surface area (Å²) in [6.45, 7) is 15.4. The molecule has 4 rings (SSSR count). The molecular weight excluding hydrogens is 540 g/mol. The third-order valence-electron chi connectivity index (χ3n) is 8.51. The summed E-state index contributed by atoms with van der Waals surface area (Å²) in [7, 11) is -2.79. The number of rotatable bonds is 9. The topological polar surface area (TPSA) is 153 Å². The highest BCUT2D eigenvalue weighted by Crippen LogP contribution is 2.38. The molecule has 0 fully saturated rings. The van der Waals surface area contributed by atoms with Gasteiger partial charge in [0.25, 0.3) is 0 Å². The second kappa shape index (κ2) is 10.5. The van der Waals surface area contributed by atoms with Crippen molar-refractivity contribution in [2.24, 2.45) is 5.73 Å². The lowest BCUT2D eigenvalue weighted by atomic mass is 9.79. The van der Waals surface area contributed by atoms with Gasteiger partial charge in [-0.2, -0.15) is 0 Å². The van der Waals surface area contributed by atoms with Gasteiger partial charge in [-0.05, 0) is 70.2 Å². The number of hydrogen-bond acceptors (Lipinski definition) is 10. The van der Waals surface area contributed by atoms with Crippen molar-refractivity contribution < 1.29 is 18.5 Å². The Bertz CT molecular complexity index is 1600. The first-order valence-corrected chi connectivity index (χ1v) is 15.8. The Morgan fingerprint density at radius 3 is 2.51 bits per heavy atom. The molecule has 3 aromatic heterocycles. The van der Waals surface area contributed by atoms with Crippen molar-refractivity contribution in [3.63, 3.8) is 0 Å². The molecule has 11 heteroatoms. The zero-order valence-electron chi connectivity index (χ0n) is 25.4. The molecule has 4 atom stereocenters. The molecule has 1 aliphatic rings. The monoisotopic (exact) mass is 582 g/mol. The third kappa shape index (κ3) is 5.88. The minimum atomic E-state index is -2.79.